The first kappa shape index (κ1) is 8.47. The Morgan fingerprint density at radius 2 is 2.38 bits per heavy atom. The zero-order valence-corrected chi connectivity index (χ0v) is 7.39. The van der Waals surface area contributed by atoms with Crippen LogP contribution >= 0.6 is 22.6 Å². The molecule has 1 unspecified atom stereocenters. The van der Waals surface area contributed by atoms with E-state index in [9.17, 15) is 0 Å². The molecule has 0 amide bonds. The molecular formula is C7H12I. The van der Waals surface area contributed by atoms with Crippen LogP contribution in [0.1, 0.15) is 19.8 Å². The molecule has 0 aromatic heterocycles. The molecule has 0 aromatic carbocycles. The third kappa shape index (κ3) is 4.62. The molecule has 0 fully saturated rings. The Morgan fingerprint density at radius 1 is 1.75 bits per heavy atom. The quantitative estimate of drug-likeness (QED) is 0.392. The van der Waals surface area contributed by atoms with Crippen LogP contribution in [0.5, 0.6) is 0 Å². The van der Waals surface area contributed by atoms with E-state index >= 15 is 0 Å². The molecule has 0 aliphatic rings. The van der Waals surface area contributed by atoms with Crippen molar-refractivity contribution < 1.29 is 0 Å². The average molecular weight is 223 g/mol. The smallest absolute Gasteiger partial charge is 0.0289 e. The number of hydrogen-bond acceptors (Lipinski definition) is 0. The molecule has 0 N–H and O–H groups in total. The van der Waals surface area contributed by atoms with Gasteiger partial charge in [-0.15, -0.1) is 0 Å². The van der Waals surface area contributed by atoms with Crippen molar-refractivity contribution >= 4 is 22.6 Å². The summed E-state index contributed by atoms with van der Waals surface area (Å²) >= 11 is 2.41. The molecule has 1 atom stereocenters. The molecule has 0 heterocycles. The second-order valence-electron chi connectivity index (χ2n) is 1.68. The Bertz CT molecular complexity index is 66.8. The standard InChI is InChI=1S/C7H12I/c1-3-5-7(8)6-4-2/h4,6-7H,1,3,5H2,2H3. The number of hydrogen-bond donors (Lipinski definition) is 0. The highest BCUT2D eigenvalue weighted by atomic mass is 127. The van der Waals surface area contributed by atoms with Gasteiger partial charge < -0.3 is 0 Å². The molecular weight excluding hydrogens is 211 g/mol. The summed E-state index contributed by atoms with van der Waals surface area (Å²) in [5.74, 6) is 0. The molecule has 1 radical (unpaired) electrons. The fourth-order valence-corrected chi connectivity index (χ4v) is 1.36. The van der Waals surface area contributed by atoms with Crippen molar-refractivity contribution in [2.45, 2.75) is 23.7 Å². The summed E-state index contributed by atoms with van der Waals surface area (Å²) in [6, 6.07) is 0. The van der Waals surface area contributed by atoms with E-state index in [1.165, 1.54) is 6.42 Å². The van der Waals surface area contributed by atoms with Gasteiger partial charge in [-0.1, -0.05) is 48.1 Å². The van der Waals surface area contributed by atoms with Crippen LogP contribution in [0.25, 0.3) is 0 Å². The molecule has 8 heavy (non-hydrogen) atoms. The van der Waals surface area contributed by atoms with E-state index in [1.54, 1.807) is 0 Å². The van der Waals surface area contributed by atoms with Gasteiger partial charge in [0.25, 0.3) is 0 Å². The van der Waals surface area contributed by atoms with Gasteiger partial charge in [0.1, 0.15) is 0 Å². The number of allylic oxidation sites excluding steroid dienone is 2. The van der Waals surface area contributed by atoms with Crippen molar-refractivity contribution in [1.29, 1.82) is 0 Å². The van der Waals surface area contributed by atoms with E-state index < -0.39 is 0 Å². The first-order valence-corrected chi connectivity index (χ1v) is 4.12. The highest BCUT2D eigenvalue weighted by molar-refractivity contribution is 14.1. The lowest BCUT2D eigenvalue weighted by atomic mass is 10.2. The fourth-order valence-electron chi connectivity index (χ4n) is 0.500. The molecule has 0 saturated carbocycles. The minimum absolute atomic E-state index is 0.690. The van der Waals surface area contributed by atoms with Crippen LogP contribution < -0.4 is 0 Å². The molecule has 0 saturated heterocycles. The third-order valence-electron chi connectivity index (χ3n) is 0.881. The van der Waals surface area contributed by atoms with E-state index in [0.717, 1.165) is 6.42 Å². The van der Waals surface area contributed by atoms with Crippen LogP contribution in [-0.2, 0) is 0 Å². The summed E-state index contributed by atoms with van der Waals surface area (Å²) in [5.41, 5.74) is 0. The topological polar surface area (TPSA) is 0 Å². The molecule has 0 aliphatic carbocycles. The van der Waals surface area contributed by atoms with Crippen molar-refractivity contribution in [3.05, 3.63) is 19.1 Å². The summed E-state index contributed by atoms with van der Waals surface area (Å²) in [6.07, 6.45) is 6.53. The first-order valence-electron chi connectivity index (χ1n) is 2.87. The molecule has 0 aromatic rings. The van der Waals surface area contributed by atoms with Gasteiger partial charge in [0.2, 0.25) is 0 Å². The maximum absolute atomic E-state index is 3.77. The van der Waals surface area contributed by atoms with Crippen LogP contribution in [0.15, 0.2) is 12.2 Å². The van der Waals surface area contributed by atoms with E-state index in [2.05, 4.69) is 48.6 Å². The fraction of sp³-hybridized carbons (Fsp3) is 0.571. The summed E-state index contributed by atoms with van der Waals surface area (Å²) in [5, 5.41) is 0. The minimum Gasteiger partial charge on any atom is -0.0906 e. The SMILES string of the molecule is [CH2]CCC(I)C=CC. The molecule has 47 valence electrons. The Labute approximate surface area is 65.5 Å². The Hall–Kier alpha value is 0.470. The number of alkyl halides is 1. The molecule has 0 bridgehead atoms. The normalized spacial score (nSPS) is 14.9. The molecule has 0 nitrogen and oxygen atoms in total. The van der Waals surface area contributed by atoms with E-state index in [4.69, 9.17) is 0 Å². The predicted octanol–water partition coefficient (Wildman–Crippen LogP) is 2.98. The lowest BCUT2D eigenvalue weighted by Gasteiger charge is -1.97. The summed E-state index contributed by atoms with van der Waals surface area (Å²) < 4.78 is 0.690. The van der Waals surface area contributed by atoms with Gasteiger partial charge >= 0.3 is 0 Å². The van der Waals surface area contributed by atoms with Gasteiger partial charge in [0, 0.05) is 3.92 Å². The number of rotatable bonds is 3. The predicted molar refractivity (Wildman–Crippen MR) is 47.2 cm³/mol. The monoisotopic (exact) mass is 223 g/mol. The van der Waals surface area contributed by atoms with Gasteiger partial charge in [0.15, 0.2) is 0 Å². The summed E-state index contributed by atoms with van der Waals surface area (Å²) in [6.45, 7) is 5.82. The van der Waals surface area contributed by atoms with Gasteiger partial charge in [-0.3, -0.25) is 0 Å². The first-order chi connectivity index (χ1) is 3.81. The zero-order valence-electron chi connectivity index (χ0n) is 5.23. The van der Waals surface area contributed by atoms with Crippen molar-refractivity contribution in [1.82, 2.24) is 0 Å². The lowest BCUT2D eigenvalue weighted by molar-refractivity contribution is 0.901. The van der Waals surface area contributed by atoms with Gasteiger partial charge in [-0.05, 0) is 13.3 Å². The van der Waals surface area contributed by atoms with Gasteiger partial charge in [-0.25, -0.2) is 0 Å². The van der Waals surface area contributed by atoms with Gasteiger partial charge in [-0.2, -0.15) is 0 Å². The van der Waals surface area contributed by atoms with Crippen molar-refractivity contribution in [2.24, 2.45) is 0 Å². The number of halogens is 1. The maximum atomic E-state index is 3.77. The third-order valence-corrected chi connectivity index (χ3v) is 1.92. The minimum atomic E-state index is 0.690. The van der Waals surface area contributed by atoms with Crippen molar-refractivity contribution in [3.63, 3.8) is 0 Å². The average Bonchev–Trinajstić information content (AvgIpc) is 1.68. The second kappa shape index (κ2) is 5.60. The summed E-state index contributed by atoms with van der Waals surface area (Å²) in [7, 11) is 0. The van der Waals surface area contributed by atoms with Crippen molar-refractivity contribution in [3.8, 4) is 0 Å². The van der Waals surface area contributed by atoms with Crippen LogP contribution in [0.4, 0.5) is 0 Å². The van der Waals surface area contributed by atoms with Crippen LogP contribution in [0.3, 0.4) is 0 Å². The highest BCUT2D eigenvalue weighted by Gasteiger charge is 1.92. The second-order valence-corrected chi connectivity index (χ2v) is 3.28. The van der Waals surface area contributed by atoms with Crippen LogP contribution in [0.2, 0.25) is 0 Å². The molecule has 0 rings (SSSR count). The Morgan fingerprint density at radius 3 is 2.75 bits per heavy atom. The van der Waals surface area contributed by atoms with E-state index in [-0.39, 0.29) is 0 Å². The molecule has 0 aliphatic heterocycles. The van der Waals surface area contributed by atoms with Crippen LogP contribution in [0, 0.1) is 6.92 Å². The molecule has 1 heteroatoms. The molecule has 0 spiro atoms. The Balaban J connectivity index is 3.17. The van der Waals surface area contributed by atoms with E-state index in [0.29, 0.717) is 3.92 Å². The van der Waals surface area contributed by atoms with Crippen molar-refractivity contribution in [2.75, 3.05) is 0 Å². The Kier molecular flexibility index (Phi) is 5.93. The zero-order chi connectivity index (χ0) is 6.41. The maximum Gasteiger partial charge on any atom is 0.0289 e. The van der Waals surface area contributed by atoms with Gasteiger partial charge in [0.05, 0.1) is 0 Å². The van der Waals surface area contributed by atoms with Crippen LogP contribution in [-0.4, -0.2) is 3.92 Å². The van der Waals surface area contributed by atoms with E-state index in [1.807, 2.05) is 0 Å². The highest BCUT2D eigenvalue weighted by Crippen LogP contribution is 2.08. The largest absolute Gasteiger partial charge is 0.0906 e. The summed E-state index contributed by atoms with van der Waals surface area (Å²) in [4.78, 5) is 0. The lowest BCUT2D eigenvalue weighted by Crippen LogP contribution is -1.88.